The molecule has 0 aliphatic carbocycles. The van der Waals surface area contributed by atoms with Crippen molar-refractivity contribution >= 4 is 34.9 Å². The molecule has 2 aromatic carbocycles. The monoisotopic (exact) mass is 323 g/mol. The van der Waals surface area contributed by atoms with E-state index in [2.05, 4.69) is 0 Å². The second-order valence-electron chi connectivity index (χ2n) is 4.54. The Balaban J connectivity index is 1.89. The molecule has 21 heavy (non-hydrogen) atoms. The molecule has 0 fully saturated rings. The number of aryl methyl sites for hydroxylation is 1. The SMILES string of the molecule is Nc1c(Cl)ccc(Cl)c1C(=O)OCCCc1ccccc1. The highest BCUT2D eigenvalue weighted by atomic mass is 35.5. The predicted molar refractivity (Wildman–Crippen MR) is 85.9 cm³/mol. The van der Waals surface area contributed by atoms with Gasteiger partial charge < -0.3 is 10.5 Å². The maximum Gasteiger partial charge on any atom is 0.341 e. The molecule has 0 aliphatic rings. The highest BCUT2D eigenvalue weighted by molar-refractivity contribution is 6.38. The number of esters is 1. The Hall–Kier alpha value is -1.71. The van der Waals surface area contributed by atoms with Crippen LogP contribution in [-0.4, -0.2) is 12.6 Å². The number of hydrogen-bond acceptors (Lipinski definition) is 3. The summed E-state index contributed by atoms with van der Waals surface area (Å²) in [6, 6.07) is 13.1. The van der Waals surface area contributed by atoms with Gasteiger partial charge in [0.25, 0.3) is 0 Å². The molecule has 0 bridgehead atoms. The number of anilines is 1. The highest BCUT2D eigenvalue weighted by Gasteiger charge is 2.17. The smallest absolute Gasteiger partial charge is 0.341 e. The first-order chi connectivity index (χ1) is 10.1. The van der Waals surface area contributed by atoms with Crippen molar-refractivity contribution in [2.75, 3.05) is 12.3 Å². The van der Waals surface area contributed by atoms with Crippen LogP contribution in [0.4, 0.5) is 5.69 Å². The third kappa shape index (κ3) is 4.13. The van der Waals surface area contributed by atoms with Crippen LogP contribution in [0.2, 0.25) is 10.0 Å². The van der Waals surface area contributed by atoms with Crippen molar-refractivity contribution in [2.24, 2.45) is 0 Å². The van der Waals surface area contributed by atoms with Gasteiger partial charge in [0.2, 0.25) is 0 Å². The van der Waals surface area contributed by atoms with Crippen molar-refractivity contribution in [1.29, 1.82) is 0 Å². The van der Waals surface area contributed by atoms with E-state index in [0.717, 1.165) is 12.8 Å². The average molecular weight is 324 g/mol. The van der Waals surface area contributed by atoms with Crippen molar-refractivity contribution in [3.05, 3.63) is 63.6 Å². The van der Waals surface area contributed by atoms with E-state index >= 15 is 0 Å². The summed E-state index contributed by atoms with van der Waals surface area (Å²) >= 11 is 11.8. The van der Waals surface area contributed by atoms with E-state index in [1.165, 1.54) is 11.6 Å². The maximum absolute atomic E-state index is 12.0. The van der Waals surface area contributed by atoms with Crippen LogP contribution in [0.15, 0.2) is 42.5 Å². The summed E-state index contributed by atoms with van der Waals surface area (Å²) < 4.78 is 5.20. The van der Waals surface area contributed by atoms with Crippen LogP contribution in [0.5, 0.6) is 0 Å². The minimum atomic E-state index is -0.548. The average Bonchev–Trinajstić information content (AvgIpc) is 2.49. The Labute approximate surface area is 133 Å². The molecular weight excluding hydrogens is 309 g/mol. The molecule has 2 aromatic rings. The fraction of sp³-hybridized carbons (Fsp3) is 0.188. The fourth-order valence-electron chi connectivity index (χ4n) is 1.93. The van der Waals surface area contributed by atoms with Gasteiger partial charge in [-0.2, -0.15) is 0 Å². The number of benzene rings is 2. The van der Waals surface area contributed by atoms with Crippen molar-refractivity contribution < 1.29 is 9.53 Å². The number of nitrogens with two attached hydrogens (primary N) is 1. The van der Waals surface area contributed by atoms with Crippen LogP contribution in [-0.2, 0) is 11.2 Å². The minimum Gasteiger partial charge on any atom is -0.462 e. The summed E-state index contributed by atoms with van der Waals surface area (Å²) in [5.41, 5.74) is 7.24. The van der Waals surface area contributed by atoms with E-state index in [9.17, 15) is 4.79 Å². The lowest BCUT2D eigenvalue weighted by molar-refractivity contribution is 0.0502. The standard InChI is InChI=1S/C16H15Cl2NO2/c17-12-8-9-13(18)15(19)14(12)16(20)21-10-4-7-11-5-2-1-3-6-11/h1-3,5-6,8-9H,4,7,10,19H2. The number of rotatable bonds is 5. The normalized spacial score (nSPS) is 10.4. The first-order valence-electron chi connectivity index (χ1n) is 6.54. The zero-order chi connectivity index (χ0) is 15.2. The lowest BCUT2D eigenvalue weighted by Crippen LogP contribution is -2.10. The van der Waals surface area contributed by atoms with E-state index in [1.54, 1.807) is 6.07 Å². The molecule has 0 aliphatic heterocycles. The van der Waals surface area contributed by atoms with Crippen LogP contribution in [0.1, 0.15) is 22.3 Å². The second kappa shape index (κ2) is 7.34. The highest BCUT2D eigenvalue weighted by Crippen LogP contribution is 2.29. The van der Waals surface area contributed by atoms with E-state index in [1.807, 2.05) is 30.3 Å². The van der Waals surface area contributed by atoms with Crippen molar-refractivity contribution in [2.45, 2.75) is 12.8 Å². The van der Waals surface area contributed by atoms with Crippen LogP contribution in [0.25, 0.3) is 0 Å². The number of nitrogen functional groups attached to an aromatic ring is 1. The van der Waals surface area contributed by atoms with Gasteiger partial charge >= 0.3 is 5.97 Å². The van der Waals surface area contributed by atoms with E-state index in [-0.39, 0.29) is 21.3 Å². The molecule has 0 atom stereocenters. The molecule has 0 spiro atoms. The molecule has 5 heteroatoms. The van der Waals surface area contributed by atoms with Gasteiger partial charge in [-0.1, -0.05) is 53.5 Å². The lowest BCUT2D eigenvalue weighted by atomic mass is 10.1. The second-order valence-corrected chi connectivity index (χ2v) is 5.36. The molecule has 110 valence electrons. The Morgan fingerprint density at radius 3 is 2.43 bits per heavy atom. The van der Waals surface area contributed by atoms with Gasteiger partial charge in [0.05, 0.1) is 22.3 Å². The third-order valence-corrected chi connectivity index (χ3v) is 3.68. The third-order valence-electron chi connectivity index (χ3n) is 3.03. The van der Waals surface area contributed by atoms with Crippen LogP contribution in [0, 0.1) is 0 Å². The summed E-state index contributed by atoms with van der Waals surface area (Å²) in [6.45, 7) is 0.302. The molecule has 0 saturated heterocycles. The van der Waals surface area contributed by atoms with Crippen molar-refractivity contribution in [3.63, 3.8) is 0 Å². The molecule has 0 amide bonds. The molecule has 0 unspecified atom stereocenters. The van der Waals surface area contributed by atoms with E-state index in [0.29, 0.717) is 6.61 Å². The number of ether oxygens (including phenoxy) is 1. The summed E-state index contributed by atoms with van der Waals surface area (Å²) in [4.78, 5) is 12.0. The number of halogens is 2. The molecule has 0 aromatic heterocycles. The van der Waals surface area contributed by atoms with Gasteiger partial charge in [0.15, 0.2) is 0 Å². The van der Waals surface area contributed by atoms with Gasteiger partial charge in [-0.05, 0) is 30.5 Å². The summed E-state index contributed by atoms with van der Waals surface area (Å²) in [7, 11) is 0. The maximum atomic E-state index is 12.0. The molecule has 0 saturated carbocycles. The Morgan fingerprint density at radius 1 is 1.05 bits per heavy atom. The van der Waals surface area contributed by atoms with Gasteiger partial charge in [-0.25, -0.2) is 4.79 Å². The van der Waals surface area contributed by atoms with Gasteiger partial charge in [-0.3, -0.25) is 0 Å². The quantitative estimate of drug-likeness (QED) is 0.505. The topological polar surface area (TPSA) is 52.3 Å². The molecule has 2 N–H and O–H groups in total. The van der Waals surface area contributed by atoms with Gasteiger partial charge in [0, 0.05) is 0 Å². The number of hydrogen-bond donors (Lipinski definition) is 1. The summed E-state index contributed by atoms with van der Waals surface area (Å²) in [5, 5.41) is 0.528. The molecule has 3 nitrogen and oxygen atoms in total. The van der Waals surface area contributed by atoms with Crippen molar-refractivity contribution in [3.8, 4) is 0 Å². The summed E-state index contributed by atoms with van der Waals surface area (Å²) in [5.74, 6) is -0.548. The number of carbonyl (C=O) groups excluding carboxylic acids is 1. The Kier molecular flexibility index (Phi) is 5.48. The lowest BCUT2D eigenvalue weighted by Gasteiger charge is -2.09. The van der Waals surface area contributed by atoms with Crippen LogP contribution in [0.3, 0.4) is 0 Å². The zero-order valence-electron chi connectivity index (χ0n) is 11.3. The predicted octanol–water partition coefficient (Wildman–Crippen LogP) is 4.37. The van der Waals surface area contributed by atoms with Crippen LogP contribution >= 0.6 is 23.2 Å². The number of carbonyl (C=O) groups is 1. The first kappa shape index (κ1) is 15.7. The molecule has 0 heterocycles. The molecule has 0 radical (unpaired) electrons. The fourth-order valence-corrected chi connectivity index (χ4v) is 2.33. The Morgan fingerprint density at radius 2 is 1.71 bits per heavy atom. The molecular formula is C16H15Cl2NO2. The Bertz CT molecular complexity index is 630. The van der Waals surface area contributed by atoms with Gasteiger partial charge in [-0.15, -0.1) is 0 Å². The van der Waals surface area contributed by atoms with Gasteiger partial charge in [0.1, 0.15) is 5.56 Å². The largest absolute Gasteiger partial charge is 0.462 e. The van der Waals surface area contributed by atoms with E-state index in [4.69, 9.17) is 33.7 Å². The van der Waals surface area contributed by atoms with Crippen molar-refractivity contribution in [1.82, 2.24) is 0 Å². The van der Waals surface area contributed by atoms with Crippen LogP contribution < -0.4 is 5.73 Å². The zero-order valence-corrected chi connectivity index (χ0v) is 12.8. The summed E-state index contributed by atoms with van der Waals surface area (Å²) in [6.07, 6.45) is 1.57. The molecule has 2 rings (SSSR count). The minimum absolute atomic E-state index is 0.129. The van der Waals surface area contributed by atoms with E-state index < -0.39 is 5.97 Å². The first-order valence-corrected chi connectivity index (χ1v) is 7.29.